The van der Waals surface area contributed by atoms with Crippen LogP contribution < -0.4 is 14.9 Å². The van der Waals surface area contributed by atoms with Crippen LogP contribution >= 0.6 is 0 Å². The predicted octanol–water partition coefficient (Wildman–Crippen LogP) is 3.52. The molecule has 1 atom stereocenters. The van der Waals surface area contributed by atoms with Gasteiger partial charge in [-0.2, -0.15) is 5.10 Å². The van der Waals surface area contributed by atoms with Gasteiger partial charge in [0, 0.05) is 5.56 Å². The number of hydrogen-bond acceptors (Lipinski definition) is 4. The molecule has 0 radical (unpaired) electrons. The molecular formula is C21H18N2O3. The van der Waals surface area contributed by atoms with Gasteiger partial charge >= 0.3 is 0 Å². The van der Waals surface area contributed by atoms with Crippen LogP contribution in [-0.2, 0) is 4.79 Å². The van der Waals surface area contributed by atoms with Gasteiger partial charge in [-0.1, -0.05) is 54.6 Å². The number of nitrogens with zero attached hydrogens (tertiary/aromatic N) is 1. The number of carbonyl (C=O) groups is 1. The number of rotatable bonds is 3. The minimum absolute atomic E-state index is 0.158. The Kier molecular flexibility index (Phi) is 4.27. The molecule has 0 saturated heterocycles. The first kappa shape index (κ1) is 16.1. The number of para-hydroxylation sites is 2. The molecule has 1 aliphatic heterocycles. The third-order valence-electron chi connectivity index (χ3n) is 4.31. The molecule has 3 aromatic carbocycles. The Morgan fingerprint density at radius 3 is 2.62 bits per heavy atom. The maximum absolute atomic E-state index is 12.4. The van der Waals surface area contributed by atoms with E-state index in [2.05, 4.69) is 22.7 Å². The quantitative estimate of drug-likeness (QED) is 0.583. The Morgan fingerprint density at radius 2 is 1.73 bits per heavy atom. The van der Waals surface area contributed by atoms with Crippen molar-refractivity contribution in [1.29, 1.82) is 0 Å². The molecule has 3 aromatic rings. The molecule has 26 heavy (non-hydrogen) atoms. The van der Waals surface area contributed by atoms with E-state index in [1.807, 2.05) is 55.5 Å². The lowest BCUT2D eigenvalue weighted by molar-refractivity contribution is -0.130. The highest BCUT2D eigenvalue weighted by atomic mass is 16.6. The van der Waals surface area contributed by atoms with Crippen LogP contribution in [0.1, 0.15) is 12.5 Å². The summed E-state index contributed by atoms with van der Waals surface area (Å²) in [5.74, 6) is 0.875. The molecule has 0 aromatic heterocycles. The summed E-state index contributed by atoms with van der Waals surface area (Å²) in [6, 6.07) is 21.4. The Hall–Kier alpha value is -3.34. The number of hydrazone groups is 1. The van der Waals surface area contributed by atoms with Crippen molar-refractivity contribution >= 4 is 22.4 Å². The Balaban J connectivity index is 1.50. The zero-order chi connectivity index (χ0) is 17.9. The fourth-order valence-electron chi connectivity index (χ4n) is 2.96. The van der Waals surface area contributed by atoms with Crippen molar-refractivity contribution in [2.75, 3.05) is 6.61 Å². The highest BCUT2D eigenvalue weighted by molar-refractivity contribution is 6.10. The summed E-state index contributed by atoms with van der Waals surface area (Å²) in [6.07, 6.45) is -0.728. The molecule has 1 N–H and O–H groups in total. The van der Waals surface area contributed by atoms with Crippen molar-refractivity contribution < 1.29 is 14.3 Å². The largest absolute Gasteiger partial charge is 0.485 e. The van der Waals surface area contributed by atoms with Crippen molar-refractivity contribution in [2.45, 2.75) is 13.0 Å². The van der Waals surface area contributed by atoms with E-state index in [1.165, 1.54) is 0 Å². The van der Waals surface area contributed by atoms with E-state index in [4.69, 9.17) is 9.47 Å². The smallest absolute Gasteiger partial charge is 0.284 e. The summed E-state index contributed by atoms with van der Waals surface area (Å²) in [7, 11) is 0. The summed E-state index contributed by atoms with van der Waals surface area (Å²) in [5, 5.41) is 6.48. The number of amides is 1. The van der Waals surface area contributed by atoms with Crippen molar-refractivity contribution in [3.05, 3.63) is 72.3 Å². The lowest BCUT2D eigenvalue weighted by atomic mass is 10.0. The van der Waals surface area contributed by atoms with Crippen LogP contribution in [0.5, 0.6) is 11.5 Å². The number of carbonyl (C=O) groups excluding carboxylic acids is 1. The second-order valence-corrected chi connectivity index (χ2v) is 6.06. The SMILES string of the molecule is C/C(=N\NC(=O)C1COc2ccccc2O1)c1cccc2ccccc12. The van der Waals surface area contributed by atoms with Crippen LogP contribution in [0.25, 0.3) is 10.8 Å². The average molecular weight is 346 g/mol. The van der Waals surface area contributed by atoms with E-state index in [0.717, 1.165) is 22.0 Å². The lowest BCUT2D eigenvalue weighted by Gasteiger charge is -2.24. The van der Waals surface area contributed by atoms with Gasteiger partial charge in [0.15, 0.2) is 11.5 Å². The van der Waals surface area contributed by atoms with Crippen LogP contribution in [0.4, 0.5) is 0 Å². The van der Waals surface area contributed by atoms with E-state index in [-0.39, 0.29) is 12.5 Å². The highest BCUT2D eigenvalue weighted by Crippen LogP contribution is 2.30. The number of nitrogens with one attached hydrogen (secondary N) is 1. The summed E-state index contributed by atoms with van der Waals surface area (Å²) in [4.78, 5) is 12.4. The third-order valence-corrected chi connectivity index (χ3v) is 4.31. The molecule has 1 amide bonds. The highest BCUT2D eigenvalue weighted by Gasteiger charge is 2.27. The van der Waals surface area contributed by atoms with Crippen molar-refractivity contribution in [3.63, 3.8) is 0 Å². The van der Waals surface area contributed by atoms with Crippen LogP contribution in [-0.4, -0.2) is 24.3 Å². The fraction of sp³-hybridized carbons (Fsp3) is 0.143. The Labute approximate surface area is 151 Å². The minimum Gasteiger partial charge on any atom is -0.485 e. The molecule has 1 heterocycles. The maximum atomic E-state index is 12.4. The summed E-state index contributed by atoms with van der Waals surface area (Å²) in [5.41, 5.74) is 4.30. The summed E-state index contributed by atoms with van der Waals surface area (Å²) >= 11 is 0. The van der Waals surface area contributed by atoms with Crippen LogP contribution in [0.2, 0.25) is 0 Å². The normalized spacial score (nSPS) is 16.3. The zero-order valence-electron chi connectivity index (χ0n) is 14.3. The van der Waals surface area contributed by atoms with E-state index >= 15 is 0 Å². The van der Waals surface area contributed by atoms with Gasteiger partial charge < -0.3 is 9.47 Å². The number of hydrogen-bond donors (Lipinski definition) is 1. The average Bonchev–Trinajstić information content (AvgIpc) is 2.71. The van der Waals surface area contributed by atoms with Crippen LogP contribution in [0, 0.1) is 0 Å². The van der Waals surface area contributed by atoms with E-state index in [0.29, 0.717) is 11.5 Å². The van der Waals surface area contributed by atoms with E-state index in [9.17, 15) is 4.79 Å². The predicted molar refractivity (Wildman–Crippen MR) is 101 cm³/mol. The van der Waals surface area contributed by atoms with Crippen molar-refractivity contribution in [1.82, 2.24) is 5.43 Å². The van der Waals surface area contributed by atoms with Gasteiger partial charge in [-0.3, -0.25) is 4.79 Å². The Morgan fingerprint density at radius 1 is 1.00 bits per heavy atom. The zero-order valence-corrected chi connectivity index (χ0v) is 14.3. The van der Waals surface area contributed by atoms with Crippen molar-refractivity contribution in [3.8, 4) is 11.5 Å². The van der Waals surface area contributed by atoms with Gasteiger partial charge in [0.05, 0.1) is 5.71 Å². The van der Waals surface area contributed by atoms with Crippen molar-refractivity contribution in [2.24, 2.45) is 5.10 Å². The van der Waals surface area contributed by atoms with E-state index < -0.39 is 6.10 Å². The number of ether oxygens (including phenoxy) is 2. The first-order chi connectivity index (χ1) is 12.7. The van der Waals surface area contributed by atoms with Crippen LogP contribution in [0.3, 0.4) is 0 Å². The van der Waals surface area contributed by atoms with Gasteiger partial charge in [0.25, 0.3) is 5.91 Å². The number of fused-ring (bicyclic) bond motifs is 2. The second kappa shape index (κ2) is 6.88. The molecule has 1 unspecified atom stereocenters. The topological polar surface area (TPSA) is 59.9 Å². The molecule has 0 fully saturated rings. The molecule has 0 bridgehead atoms. The monoisotopic (exact) mass is 346 g/mol. The molecule has 0 saturated carbocycles. The third kappa shape index (κ3) is 3.11. The Bertz CT molecular complexity index is 992. The molecule has 130 valence electrons. The minimum atomic E-state index is -0.728. The maximum Gasteiger partial charge on any atom is 0.284 e. The first-order valence-electron chi connectivity index (χ1n) is 8.43. The standard InChI is InChI=1S/C21H18N2O3/c1-14(16-10-6-8-15-7-2-3-9-17(15)16)22-23-21(24)20-13-25-18-11-4-5-12-19(18)26-20/h2-12,20H,13H2,1H3,(H,23,24)/b22-14+. The van der Waals surface area contributed by atoms with Gasteiger partial charge in [-0.25, -0.2) is 5.43 Å². The molecular weight excluding hydrogens is 328 g/mol. The summed E-state index contributed by atoms with van der Waals surface area (Å²) in [6.45, 7) is 2.03. The molecule has 0 spiro atoms. The summed E-state index contributed by atoms with van der Waals surface area (Å²) < 4.78 is 11.3. The van der Waals surface area contributed by atoms with Gasteiger partial charge in [-0.15, -0.1) is 0 Å². The fourth-order valence-corrected chi connectivity index (χ4v) is 2.96. The van der Waals surface area contributed by atoms with Gasteiger partial charge in [0.2, 0.25) is 6.10 Å². The number of benzene rings is 3. The second-order valence-electron chi connectivity index (χ2n) is 6.06. The molecule has 5 heteroatoms. The molecule has 5 nitrogen and oxygen atoms in total. The molecule has 0 aliphatic carbocycles. The first-order valence-corrected chi connectivity index (χ1v) is 8.43. The van der Waals surface area contributed by atoms with Gasteiger partial charge in [-0.05, 0) is 29.8 Å². The van der Waals surface area contributed by atoms with Gasteiger partial charge in [0.1, 0.15) is 6.61 Å². The lowest BCUT2D eigenvalue weighted by Crippen LogP contribution is -2.42. The molecule has 1 aliphatic rings. The molecule has 4 rings (SSSR count). The van der Waals surface area contributed by atoms with Crippen LogP contribution in [0.15, 0.2) is 71.8 Å². The van der Waals surface area contributed by atoms with E-state index in [1.54, 1.807) is 6.07 Å².